The van der Waals surface area contributed by atoms with Crippen LogP contribution in [0.5, 0.6) is 0 Å². The molecule has 3 unspecified atom stereocenters. The molecule has 1 spiro atoms. The minimum absolute atomic E-state index is 0.0502. The minimum Gasteiger partial charge on any atom is -0.326 e. The van der Waals surface area contributed by atoms with Crippen LogP contribution in [0.1, 0.15) is 18.9 Å². The highest BCUT2D eigenvalue weighted by Crippen LogP contribution is 2.57. The van der Waals surface area contributed by atoms with Gasteiger partial charge in [0.1, 0.15) is 5.54 Å². The molecule has 156 valence electrons. The van der Waals surface area contributed by atoms with E-state index in [1.165, 1.54) is 0 Å². The Balaban J connectivity index is 1.58. The molecule has 3 aliphatic rings. The van der Waals surface area contributed by atoms with Crippen molar-refractivity contribution >= 4 is 46.7 Å². The van der Waals surface area contributed by atoms with E-state index in [0.29, 0.717) is 13.0 Å². The van der Waals surface area contributed by atoms with Gasteiger partial charge in [-0.25, -0.2) is 0 Å². The van der Waals surface area contributed by atoms with Crippen molar-refractivity contribution in [3.8, 4) is 0 Å². The van der Waals surface area contributed by atoms with Gasteiger partial charge in [0.15, 0.2) is 0 Å². The summed E-state index contributed by atoms with van der Waals surface area (Å²) in [5.41, 5.74) is 1.82. The maximum atomic E-state index is 13.9. The van der Waals surface area contributed by atoms with Gasteiger partial charge in [-0.15, -0.1) is 23.5 Å². The van der Waals surface area contributed by atoms with Crippen LogP contribution in [0.4, 0.5) is 11.4 Å². The van der Waals surface area contributed by atoms with E-state index < -0.39 is 11.5 Å². The van der Waals surface area contributed by atoms with E-state index in [2.05, 4.69) is 10.2 Å². The average Bonchev–Trinajstić information content (AvgIpc) is 3.41. The molecular weight excluding hydrogens is 414 g/mol. The highest BCUT2D eigenvalue weighted by molar-refractivity contribution is 7.99. The van der Waals surface area contributed by atoms with E-state index in [9.17, 15) is 9.59 Å². The summed E-state index contributed by atoms with van der Waals surface area (Å²) in [6, 6.07) is 16.2. The number of hydrogen-bond donors (Lipinski definition) is 1. The van der Waals surface area contributed by atoms with Crippen LogP contribution in [-0.2, 0) is 15.1 Å². The monoisotopic (exact) mass is 439 g/mol. The fraction of sp³-hybridized carbons (Fsp3) is 0.391. The first-order chi connectivity index (χ1) is 14.6. The molecule has 2 aromatic rings. The van der Waals surface area contributed by atoms with E-state index in [4.69, 9.17) is 0 Å². The number of nitrogens with one attached hydrogen (secondary N) is 1. The van der Waals surface area contributed by atoms with Crippen LogP contribution in [0.15, 0.2) is 53.4 Å². The molecule has 5 rings (SSSR count). The molecule has 2 aromatic carbocycles. The first-order valence-corrected chi connectivity index (χ1v) is 12.7. The summed E-state index contributed by atoms with van der Waals surface area (Å²) >= 11 is 3.50. The Labute approximate surface area is 185 Å². The van der Waals surface area contributed by atoms with E-state index in [1.807, 2.05) is 78.4 Å². The Hall–Kier alpha value is -1.96. The first-order valence-electron chi connectivity index (χ1n) is 10.3. The van der Waals surface area contributed by atoms with Crippen LogP contribution in [0, 0.1) is 5.92 Å². The number of carbonyl (C=O) groups is 2. The highest BCUT2D eigenvalue weighted by atomic mass is 32.2. The lowest BCUT2D eigenvalue weighted by molar-refractivity contribution is -0.136. The molecule has 2 amide bonds. The van der Waals surface area contributed by atoms with Gasteiger partial charge in [0.2, 0.25) is 5.91 Å². The number of likely N-dealkylation sites (N-methyl/N-ethyl adjacent to an activating group) is 1. The maximum absolute atomic E-state index is 13.9. The molecule has 0 saturated carbocycles. The number of anilines is 2. The van der Waals surface area contributed by atoms with Gasteiger partial charge in [0, 0.05) is 46.0 Å². The summed E-state index contributed by atoms with van der Waals surface area (Å²) in [7, 11) is 0. The fourth-order valence-electron chi connectivity index (χ4n) is 5.33. The third-order valence-corrected chi connectivity index (χ3v) is 8.40. The first kappa shape index (κ1) is 20.0. The highest BCUT2D eigenvalue weighted by Gasteiger charge is 2.67. The van der Waals surface area contributed by atoms with E-state index in [1.54, 1.807) is 11.8 Å². The maximum Gasteiger partial charge on any atom is 0.253 e. The van der Waals surface area contributed by atoms with Gasteiger partial charge in [-0.3, -0.25) is 14.5 Å². The minimum atomic E-state index is -0.901. The van der Waals surface area contributed by atoms with Crippen molar-refractivity contribution in [1.82, 2.24) is 4.90 Å². The van der Waals surface area contributed by atoms with Crippen molar-refractivity contribution in [3.63, 3.8) is 0 Å². The van der Waals surface area contributed by atoms with Crippen molar-refractivity contribution in [1.29, 1.82) is 0 Å². The van der Waals surface area contributed by atoms with Crippen molar-refractivity contribution in [2.75, 3.05) is 34.6 Å². The smallest absolute Gasteiger partial charge is 0.253 e. The fourth-order valence-corrected chi connectivity index (χ4v) is 7.09. The average molecular weight is 440 g/mol. The summed E-state index contributed by atoms with van der Waals surface area (Å²) < 4.78 is 0. The number of carbonyl (C=O) groups excluding carboxylic acids is 2. The predicted molar refractivity (Wildman–Crippen MR) is 124 cm³/mol. The second kappa shape index (κ2) is 7.62. The van der Waals surface area contributed by atoms with Crippen molar-refractivity contribution in [3.05, 3.63) is 54.1 Å². The summed E-state index contributed by atoms with van der Waals surface area (Å²) in [5, 5.41) is 3.13. The number of benzene rings is 2. The molecule has 3 heterocycles. The normalized spacial score (nSPS) is 27.5. The lowest BCUT2D eigenvalue weighted by Gasteiger charge is -2.36. The second-order valence-corrected chi connectivity index (χ2v) is 9.85. The number of para-hydroxylation sites is 1. The van der Waals surface area contributed by atoms with Crippen molar-refractivity contribution < 1.29 is 9.59 Å². The van der Waals surface area contributed by atoms with Crippen LogP contribution in [0.25, 0.3) is 0 Å². The Bertz CT molecular complexity index is 1010. The lowest BCUT2D eigenvalue weighted by atomic mass is 9.79. The number of amides is 2. The van der Waals surface area contributed by atoms with E-state index in [0.717, 1.165) is 33.5 Å². The topological polar surface area (TPSA) is 52.7 Å². The summed E-state index contributed by atoms with van der Waals surface area (Å²) in [6.07, 6.45) is 2.73. The third-order valence-electron chi connectivity index (χ3n) is 6.59. The zero-order valence-electron chi connectivity index (χ0n) is 17.1. The summed E-state index contributed by atoms with van der Waals surface area (Å²) in [5.74, 6) is 1.33. The number of thioether (sulfide) groups is 2. The van der Waals surface area contributed by atoms with Crippen LogP contribution >= 0.6 is 23.5 Å². The molecule has 0 bridgehead atoms. The zero-order valence-corrected chi connectivity index (χ0v) is 18.8. The molecular formula is C23H25N3O2S2. The van der Waals surface area contributed by atoms with Crippen molar-refractivity contribution in [2.24, 2.45) is 5.92 Å². The van der Waals surface area contributed by atoms with Gasteiger partial charge in [-0.1, -0.05) is 24.3 Å². The second-order valence-electron chi connectivity index (χ2n) is 7.97. The summed E-state index contributed by atoms with van der Waals surface area (Å²) in [6.45, 7) is 2.61. The molecule has 2 saturated heterocycles. The van der Waals surface area contributed by atoms with Crippen molar-refractivity contribution in [2.45, 2.75) is 29.8 Å². The summed E-state index contributed by atoms with van der Waals surface area (Å²) in [4.78, 5) is 32.8. The Kier molecular flexibility index (Phi) is 5.08. The molecule has 5 nitrogen and oxygen atoms in total. The Morgan fingerprint density at radius 2 is 2.10 bits per heavy atom. The molecule has 0 aliphatic carbocycles. The molecule has 7 heteroatoms. The van der Waals surface area contributed by atoms with Gasteiger partial charge in [-0.05, 0) is 43.9 Å². The number of fused-ring (bicyclic) bond motifs is 4. The quantitative estimate of drug-likeness (QED) is 0.730. The number of rotatable bonds is 4. The molecule has 30 heavy (non-hydrogen) atoms. The van der Waals surface area contributed by atoms with Crippen LogP contribution < -0.4 is 10.2 Å². The Morgan fingerprint density at radius 1 is 1.27 bits per heavy atom. The standard InChI is InChI=1S/C23H25N3O2S2/c1-3-25-20-10-5-4-9-18(20)23(22(25)28)19(12-16-13-30-14-26(16)23)21(27)24-15-7-6-8-17(11-15)29-2/h4-11,16,19H,3,12-14H2,1-2H3,(H,24,27). The molecule has 0 radical (unpaired) electrons. The molecule has 2 fully saturated rings. The number of hydrogen-bond acceptors (Lipinski definition) is 5. The van der Waals surface area contributed by atoms with E-state index in [-0.39, 0.29) is 17.9 Å². The molecule has 3 atom stereocenters. The third kappa shape index (κ3) is 2.75. The SMILES string of the molecule is CCN1C(=O)C2(c3ccccc31)C(C(=O)Nc1cccc(SC)c1)CC1CSCN12. The molecule has 0 aromatic heterocycles. The van der Waals surface area contributed by atoms with Crippen LogP contribution in [0.3, 0.4) is 0 Å². The molecule has 3 aliphatic heterocycles. The van der Waals surface area contributed by atoms with Crippen LogP contribution in [0.2, 0.25) is 0 Å². The van der Waals surface area contributed by atoms with Gasteiger partial charge >= 0.3 is 0 Å². The van der Waals surface area contributed by atoms with Gasteiger partial charge in [0.05, 0.1) is 5.92 Å². The zero-order chi connectivity index (χ0) is 20.9. The van der Waals surface area contributed by atoms with E-state index >= 15 is 0 Å². The molecule has 1 N–H and O–H groups in total. The lowest BCUT2D eigenvalue weighted by Crippen LogP contribution is -2.55. The Morgan fingerprint density at radius 3 is 2.90 bits per heavy atom. The van der Waals surface area contributed by atoms with Gasteiger partial charge < -0.3 is 10.2 Å². The predicted octanol–water partition coefficient (Wildman–Crippen LogP) is 4.00. The van der Waals surface area contributed by atoms with Gasteiger partial charge in [-0.2, -0.15) is 0 Å². The van der Waals surface area contributed by atoms with Gasteiger partial charge in [0.25, 0.3) is 5.91 Å². The van der Waals surface area contributed by atoms with Crippen LogP contribution in [-0.4, -0.2) is 47.2 Å². The number of nitrogens with zero attached hydrogens (tertiary/aromatic N) is 2. The largest absolute Gasteiger partial charge is 0.326 e.